The second kappa shape index (κ2) is 8.07. The zero-order valence-electron chi connectivity index (χ0n) is 17.1. The summed E-state index contributed by atoms with van der Waals surface area (Å²) in [5.41, 5.74) is 0.897. The number of carbonyl (C=O) groups excluding carboxylic acids is 1. The lowest BCUT2D eigenvalue weighted by molar-refractivity contribution is -0.115. The second-order valence-electron chi connectivity index (χ2n) is 8.12. The Morgan fingerprint density at radius 2 is 1.79 bits per heavy atom. The molecule has 0 spiro atoms. The maximum absolute atomic E-state index is 13.6. The van der Waals surface area contributed by atoms with E-state index in [2.05, 4.69) is 0 Å². The molecule has 1 heterocycles. The number of benzene rings is 2. The number of hydrogen-bond donors (Lipinski definition) is 1. The van der Waals surface area contributed by atoms with E-state index in [1.807, 2.05) is 53.4 Å². The summed E-state index contributed by atoms with van der Waals surface area (Å²) in [4.78, 5) is 15.5. The van der Waals surface area contributed by atoms with Crippen LogP contribution in [0.25, 0.3) is 0 Å². The largest absolute Gasteiger partial charge is 0.497 e. The first kappa shape index (κ1) is 19.8. The van der Waals surface area contributed by atoms with Crippen molar-refractivity contribution in [1.29, 1.82) is 0 Å². The van der Waals surface area contributed by atoms with E-state index in [9.17, 15) is 9.90 Å². The standard InChI is InChI=1S/C24H29NO4/c1-28-18-12-10-17(11-13-18)22-20-8-5-6-14-24(20,27)15-16-25(22)23(26)19-7-3-4-9-21(19)29-2/h3-4,7,9-13,20,22,27H,5-6,8,14-16H2,1-2H3/t20-,22-,24+/m1/s1. The number of rotatable bonds is 4. The molecule has 5 nitrogen and oxygen atoms in total. The van der Waals surface area contributed by atoms with E-state index in [1.54, 1.807) is 14.2 Å². The average Bonchev–Trinajstić information content (AvgIpc) is 2.77. The molecule has 5 heteroatoms. The van der Waals surface area contributed by atoms with Gasteiger partial charge in [0.25, 0.3) is 5.91 Å². The average molecular weight is 395 g/mol. The molecule has 2 aromatic rings. The minimum atomic E-state index is -0.708. The Labute approximate surface area is 172 Å². The van der Waals surface area contributed by atoms with Crippen LogP contribution in [-0.4, -0.2) is 42.3 Å². The van der Waals surface area contributed by atoms with E-state index in [0.717, 1.165) is 37.0 Å². The molecule has 2 aromatic carbocycles. The van der Waals surface area contributed by atoms with Crippen molar-refractivity contribution in [3.63, 3.8) is 0 Å². The number of para-hydroxylation sites is 1. The summed E-state index contributed by atoms with van der Waals surface area (Å²) in [6.45, 7) is 0.528. The molecule has 1 aliphatic heterocycles. The van der Waals surface area contributed by atoms with Crippen molar-refractivity contribution in [2.75, 3.05) is 20.8 Å². The highest BCUT2D eigenvalue weighted by molar-refractivity contribution is 5.97. The number of piperidine rings is 1. The summed E-state index contributed by atoms with van der Waals surface area (Å²) >= 11 is 0. The van der Waals surface area contributed by atoms with Crippen LogP contribution < -0.4 is 9.47 Å². The lowest BCUT2D eigenvalue weighted by Crippen LogP contribution is -2.56. The maximum atomic E-state index is 13.6. The third-order valence-electron chi connectivity index (χ3n) is 6.62. The van der Waals surface area contributed by atoms with E-state index >= 15 is 0 Å². The zero-order valence-corrected chi connectivity index (χ0v) is 17.1. The van der Waals surface area contributed by atoms with Crippen molar-refractivity contribution in [3.8, 4) is 11.5 Å². The molecule has 3 atom stereocenters. The minimum Gasteiger partial charge on any atom is -0.497 e. The number of amides is 1. The fraction of sp³-hybridized carbons (Fsp3) is 0.458. The Morgan fingerprint density at radius 1 is 1.03 bits per heavy atom. The molecule has 1 saturated carbocycles. The summed E-state index contributed by atoms with van der Waals surface area (Å²) in [7, 11) is 3.23. The molecule has 2 aliphatic rings. The molecule has 1 aliphatic carbocycles. The van der Waals surface area contributed by atoms with Crippen molar-refractivity contribution in [2.24, 2.45) is 5.92 Å². The van der Waals surface area contributed by atoms with Gasteiger partial charge in [-0.1, -0.05) is 37.1 Å². The van der Waals surface area contributed by atoms with Gasteiger partial charge in [0.1, 0.15) is 11.5 Å². The van der Waals surface area contributed by atoms with Crippen LogP contribution in [0.5, 0.6) is 11.5 Å². The molecular formula is C24H29NO4. The number of aliphatic hydroxyl groups is 1. The molecule has 2 fully saturated rings. The number of ether oxygens (including phenoxy) is 2. The summed E-state index contributed by atoms with van der Waals surface area (Å²) in [6, 6.07) is 15.1. The molecule has 1 N–H and O–H groups in total. The Kier molecular flexibility index (Phi) is 5.50. The highest BCUT2D eigenvalue weighted by Gasteiger charge is 2.50. The molecule has 29 heavy (non-hydrogen) atoms. The molecule has 0 radical (unpaired) electrons. The Balaban J connectivity index is 1.75. The van der Waals surface area contributed by atoms with Crippen LogP contribution >= 0.6 is 0 Å². The first-order valence-corrected chi connectivity index (χ1v) is 10.4. The van der Waals surface area contributed by atoms with E-state index in [1.165, 1.54) is 0 Å². The van der Waals surface area contributed by atoms with Crippen molar-refractivity contribution in [3.05, 3.63) is 59.7 Å². The molecule has 1 saturated heterocycles. The van der Waals surface area contributed by atoms with Crippen LogP contribution in [0.4, 0.5) is 0 Å². The van der Waals surface area contributed by atoms with Crippen LogP contribution in [0.1, 0.15) is 54.1 Å². The van der Waals surface area contributed by atoms with Gasteiger partial charge in [0.2, 0.25) is 0 Å². The van der Waals surface area contributed by atoms with Gasteiger partial charge < -0.3 is 19.5 Å². The van der Waals surface area contributed by atoms with Gasteiger partial charge in [-0.05, 0) is 49.1 Å². The fourth-order valence-electron chi connectivity index (χ4n) is 5.10. The van der Waals surface area contributed by atoms with E-state index in [4.69, 9.17) is 9.47 Å². The third-order valence-corrected chi connectivity index (χ3v) is 6.62. The quantitative estimate of drug-likeness (QED) is 0.842. The van der Waals surface area contributed by atoms with Gasteiger partial charge in [-0.2, -0.15) is 0 Å². The minimum absolute atomic E-state index is 0.0250. The molecule has 4 rings (SSSR count). The highest BCUT2D eigenvalue weighted by atomic mass is 16.5. The van der Waals surface area contributed by atoms with Gasteiger partial charge in [-0.3, -0.25) is 4.79 Å². The van der Waals surface area contributed by atoms with Crippen LogP contribution in [0.2, 0.25) is 0 Å². The molecular weight excluding hydrogens is 366 g/mol. The van der Waals surface area contributed by atoms with Crippen molar-refractivity contribution < 1.29 is 19.4 Å². The van der Waals surface area contributed by atoms with E-state index in [0.29, 0.717) is 24.3 Å². The topological polar surface area (TPSA) is 59.0 Å². The summed E-state index contributed by atoms with van der Waals surface area (Å²) in [5, 5.41) is 11.4. The maximum Gasteiger partial charge on any atom is 0.258 e. The number of nitrogens with zero attached hydrogens (tertiary/aromatic N) is 1. The Hall–Kier alpha value is -2.53. The second-order valence-corrected chi connectivity index (χ2v) is 8.12. The summed E-state index contributed by atoms with van der Waals surface area (Å²) < 4.78 is 10.8. The molecule has 154 valence electrons. The Bertz CT molecular complexity index is 865. The number of fused-ring (bicyclic) bond motifs is 1. The third kappa shape index (κ3) is 3.60. The van der Waals surface area contributed by atoms with Gasteiger partial charge in [-0.25, -0.2) is 0 Å². The number of likely N-dealkylation sites (tertiary alicyclic amines) is 1. The van der Waals surface area contributed by atoms with Crippen molar-refractivity contribution in [1.82, 2.24) is 4.90 Å². The monoisotopic (exact) mass is 395 g/mol. The van der Waals surface area contributed by atoms with Gasteiger partial charge in [0.15, 0.2) is 0 Å². The van der Waals surface area contributed by atoms with Gasteiger partial charge in [0.05, 0.1) is 31.4 Å². The lowest BCUT2D eigenvalue weighted by Gasteiger charge is -2.52. The van der Waals surface area contributed by atoms with Crippen LogP contribution in [0.3, 0.4) is 0 Å². The molecule has 0 aromatic heterocycles. The normalized spacial score (nSPS) is 26.5. The van der Waals surface area contributed by atoms with Crippen LogP contribution in [0.15, 0.2) is 48.5 Å². The highest BCUT2D eigenvalue weighted by Crippen LogP contribution is 2.50. The first-order valence-electron chi connectivity index (χ1n) is 10.4. The van der Waals surface area contributed by atoms with Gasteiger partial charge in [0, 0.05) is 12.5 Å². The van der Waals surface area contributed by atoms with E-state index in [-0.39, 0.29) is 17.9 Å². The van der Waals surface area contributed by atoms with Gasteiger partial charge in [-0.15, -0.1) is 0 Å². The van der Waals surface area contributed by atoms with Crippen LogP contribution in [0, 0.1) is 5.92 Å². The van der Waals surface area contributed by atoms with Crippen molar-refractivity contribution >= 4 is 5.91 Å². The molecule has 1 amide bonds. The van der Waals surface area contributed by atoms with Crippen LogP contribution in [-0.2, 0) is 0 Å². The molecule has 0 bridgehead atoms. The number of carbonyl (C=O) groups is 1. The van der Waals surface area contributed by atoms with E-state index < -0.39 is 5.60 Å². The predicted octanol–water partition coefficient (Wildman–Crippen LogP) is 4.21. The fourth-order valence-corrected chi connectivity index (χ4v) is 5.10. The zero-order chi connectivity index (χ0) is 20.4. The van der Waals surface area contributed by atoms with Crippen molar-refractivity contribution in [2.45, 2.75) is 43.7 Å². The smallest absolute Gasteiger partial charge is 0.258 e. The number of methoxy groups -OCH3 is 2. The SMILES string of the molecule is COc1ccc([C@@H]2[C@H]3CCCC[C@]3(O)CCN2C(=O)c2ccccc2OC)cc1. The number of hydrogen-bond acceptors (Lipinski definition) is 4. The van der Waals surface area contributed by atoms with Gasteiger partial charge >= 0.3 is 0 Å². The first-order chi connectivity index (χ1) is 14.1. The lowest BCUT2D eigenvalue weighted by atomic mass is 9.66. The summed E-state index contributed by atoms with van der Waals surface area (Å²) in [5.74, 6) is 1.34. The predicted molar refractivity (Wildman–Crippen MR) is 111 cm³/mol. The summed E-state index contributed by atoms with van der Waals surface area (Å²) in [6.07, 6.45) is 4.47. The Morgan fingerprint density at radius 3 is 2.52 bits per heavy atom. The molecule has 0 unspecified atom stereocenters.